The largest absolute Gasteiger partial charge is 0.481 e. The summed E-state index contributed by atoms with van der Waals surface area (Å²) in [7, 11) is 1.65. The number of rotatable bonds is 4. The first kappa shape index (κ1) is 18.0. The first-order chi connectivity index (χ1) is 14.2. The van der Waals surface area contributed by atoms with Crippen LogP contribution in [-0.4, -0.2) is 44.8 Å². The lowest BCUT2D eigenvalue weighted by molar-refractivity contribution is 0.291. The van der Waals surface area contributed by atoms with Gasteiger partial charge in [0.05, 0.1) is 7.11 Å². The van der Waals surface area contributed by atoms with Crippen LogP contribution in [-0.2, 0) is 18.5 Å². The van der Waals surface area contributed by atoms with Gasteiger partial charge in [0, 0.05) is 42.4 Å². The molecule has 1 saturated heterocycles. The predicted molar refractivity (Wildman–Crippen MR) is 109 cm³/mol. The molecule has 0 aliphatic carbocycles. The normalized spacial score (nSPS) is 20.9. The minimum Gasteiger partial charge on any atom is -0.481 e. The van der Waals surface area contributed by atoms with Gasteiger partial charge in [-0.1, -0.05) is 36.4 Å². The molecule has 4 heterocycles. The van der Waals surface area contributed by atoms with Crippen LogP contribution in [0.15, 0.2) is 53.5 Å². The summed E-state index contributed by atoms with van der Waals surface area (Å²) in [4.78, 5) is 19.8. The Morgan fingerprint density at radius 3 is 2.72 bits per heavy atom. The molecular formula is C22H23N5O2. The fourth-order valence-electron chi connectivity index (χ4n) is 4.68. The molecule has 0 bridgehead atoms. The van der Waals surface area contributed by atoms with E-state index in [1.54, 1.807) is 13.3 Å². The molecule has 2 aliphatic rings. The minimum atomic E-state index is -0.100. The lowest BCUT2D eigenvalue weighted by Crippen LogP contribution is -2.33. The number of aromatic nitrogens is 4. The average Bonchev–Trinajstić information content (AvgIpc) is 3.34. The molecule has 7 nitrogen and oxygen atoms in total. The Bertz CT molecular complexity index is 1100. The van der Waals surface area contributed by atoms with Crippen LogP contribution >= 0.6 is 0 Å². The molecule has 7 heteroatoms. The van der Waals surface area contributed by atoms with Crippen LogP contribution in [0.25, 0.3) is 11.3 Å². The number of nitrogens with zero attached hydrogens (tertiary/aromatic N) is 5. The van der Waals surface area contributed by atoms with Crippen molar-refractivity contribution in [1.29, 1.82) is 0 Å². The molecule has 5 rings (SSSR count). The molecule has 0 radical (unpaired) electrons. The van der Waals surface area contributed by atoms with E-state index in [2.05, 4.69) is 26.1 Å². The summed E-state index contributed by atoms with van der Waals surface area (Å²) in [5.41, 5.74) is 2.19. The van der Waals surface area contributed by atoms with Crippen molar-refractivity contribution < 1.29 is 4.74 Å². The Morgan fingerprint density at radius 1 is 1.07 bits per heavy atom. The van der Waals surface area contributed by atoms with Gasteiger partial charge in [0.2, 0.25) is 5.88 Å². The smallest absolute Gasteiger partial charge is 0.280 e. The van der Waals surface area contributed by atoms with E-state index in [1.165, 1.54) is 0 Å². The number of hydrogen-bond acceptors (Lipinski definition) is 6. The van der Waals surface area contributed by atoms with Gasteiger partial charge in [-0.15, -0.1) is 10.2 Å². The molecule has 0 saturated carbocycles. The summed E-state index contributed by atoms with van der Waals surface area (Å²) in [6, 6.07) is 13.6. The second-order valence-corrected chi connectivity index (χ2v) is 7.86. The van der Waals surface area contributed by atoms with Crippen molar-refractivity contribution in [3.05, 3.63) is 70.4 Å². The van der Waals surface area contributed by atoms with E-state index in [-0.39, 0.29) is 11.0 Å². The molecule has 1 unspecified atom stereocenters. The highest BCUT2D eigenvalue weighted by Gasteiger charge is 2.47. The third-order valence-corrected chi connectivity index (χ3v) is 6.15. The summed E-state index contributed by atoms with van der Waals surface area (Å²) in [5, 5.41) is 8.90. The number of likely N-dealkylation sites (tertiary alicyclic amines) is 1. The van der Waals surface area contributed by atoms with E-state index in [4.69, 9.17) is 4.74 Å². The highest BCUT2D eigenvalue weighted by molar-refractivity contribution is 5.57. The van der Waals surface area contributed by atoms with E-state index in [9.17, 15) is 4.79 Å². The Morgan fingerprint density at radius 2 is 1.90 bits per heavy atom. The molecule has 0 amide bonds. The maximum Gasteiger partial charge on any atom is 0.280 e. The second-order valence-electron chi connectivity index (χ2n) is 7.86. The summed E-state index contributed by atoms with van der Waals surface area (Å²) in [6.45, 7) is 3.30. The van der Waals surface area contributed by atoms with Crippen molar-refractivity contribution >= 4 is 0 Å². The van der Waals surface area contributed by atoms with Crippen molar-refractivity contribution in [3.63, 3.8) is 0 Å². The van der Waals surface area contributed by atoms with Gasteiger partial charge in [-0.2, -0.15) is 0 Å². The fourth-order valence-corrected chi connectivity index (χ4v) is 4.68. The highest BCUT2D eigenvalue weighted by Crippen LogP contribution is 2.41. The second kappa shape index (κ2) is 7.08. The summed E-state index contributed by atoms with van der Waals surface area (Å²) < 4.78 is 7.23. The molecule has 148 valence electrons. The average molecular weight is 389 g/mol. The predicted octanol–water partition coefficient (Wildman–Crippen LogP) is 2.26. The molecule has 1 atom stereocenters. The Hall–Kier alpha value is -3.06. The number of hydrogen-bond donors (Lipinski definition) is 0. The lowest BCUT2D eigenvalue weighted by Gasteiger charge is -2.23. The molecule has 2 aliphatic heterocycles. The number of ether oxygens (including phenoxy) is 1. The van der Waals surface area contributed by atoms with Gasteiger partial charge >= 0.3 is 0 Å². The van der Waals surface area contributed by atoms with Crippen molar-refractivity contribution in [1.82, 2.24) is 24.6 Å². The van der Waals surface area contributed by atoms with Gasteiger partial charge in [-0.3, -0.25) is 14.3 Å². The molecular weight excluding hydrogens is 366 g/mol. The van der Waals surface area contributed by atoms with E-state index < -0.39 is 0 Å². The Labute approximate surface area is 169 Å². The molecule has 1 aromatic carbocycles. The minimum absolute atomic E-state index is 0.0366. The van der Waals surface area contributed by atoms with Crippen LogP contribution in [0.3, 0.4) is 0 Å². The Kier molecular flexibility index (Phi) is 4.39. The number of methoxy groups -OCH3 is 1. The fraction of sp³-hybridized carbons (Fsp3) is 0.364. The first-order valence-electron chi connectivity index (χ1n) is 9.94. The van der Waals surface area contributed by atoms with Crippen molar-refractivity contribution in [2.24, 2.45) is 0 Å². The van der Waals surface area contributed by atoms with Crippen molar-refractivity contribution in [2.45, 2.75) is 31.3 Å². The quantitative estimate of drug-likeness (QED) is 0.682. The SMILES string of the molecule is COc1ncccc1CN1CCC2(CCn3c2nnc(-c2ccccc2)c3=O)C1. The standard InChI is InChI=1S/C22H23N5O2/c1-29-19-17(8-5-11-23-19)14-26-12-9-22(15-26)10-13-27-20(28)18(24-25-21(22)27)16-6-3-2-4-7-16/h2-8,11H,9-10,12-15H2,1H3. The first-order valence-corrected chi connectivity index (χ1v) is 9.94. The molecule has 1 spiro atoms. The van der Waals surface area contributed by atoms with Crippen LogP contribution in [0.2, 0.25) is 0 Å². The topological polar surface area (TPSA) is 73.1 Å². The molecule has 29 heavy (non-hydrogen) atoms. The molecule has 1 fully saturated rings. The maximum atomic E-state index is 13.1. The summed E-state index contributed by atoms with van der Waals surface area (Å²) >= 11 is 0. The number of fused-ring (bicyclic) bond motifs is 2. The van der Waals surface area contributed by atoms with E-state index in [0.29, 0.717) is 18.1 Å². The zero-order valence-corrected chi connectivity index (χ0v) is 16.4. The number of pyridine rings is 1. The van der Waals surface area contributed by atoms with E-state index in [0.717, 1.165) is 49.4 Å². The van der Waals surface area contributed by atoms with Crippen LogP contribution in [0.1, 0.15) is 24.2 Å². The monoisotopic (exact) mass is 389 g/mol. The van der Waals surface area contributed by atoms with Gasteiger partial charge in [-0.05, 0) is 25.5 Å². The van der Waals surface area contributed by atoms with E-state index in [1.807, 2.05) is 41.0 Å². The lowest BCUT2D eigenvalue weighted by atomic mass is 9.85. The van der Waals surface area contributed by atoms with Crippen LogP contribution < -0.4 is 10.3 Å². The van der Waals surface area contributed by atoms with Gasteiger partial charge in [0.1, 0.15) is 5.82 Å². The van der Waals surface area contributed by atoms with Crippen LogP contribution in [0.4, 0.5) is 0 Å². The molecule has 3 aromatic rings. The zero-order valence-electron chi connectivity index (χ0n) is 16.4. The van der Waals surface area contributed by atoms with Crippen molar-refractivity contribution in [2.75, 3.05) is 20.2 Å². The third-order valence-electron chi connectivity index (χ3n) is 6.15. The van der Waals surface area contributed by atoms with Gasteiger partial charge < -0.3 is 4.74 Å². The van der Waals surface area contributed by atoms with Crippen LogP contribution in [0, 0.1) is 0 Å². The third kappa shape index (κ3) is 3.02. The Balaban J connectivity index is 1.42. The van der Waals surface area contributed by atoms with E-state index >= 15 is 0 Å². The van der Waals surface area contributed by atoms with Crippen LogP contribution in [0.5, 0.6) is 5.88 Å². The van der Waals surface area contributed by atoms with Gasteiger partial charge in [0.15, 0.2) is 5.69 Å². The summed E-state index contributed by atoms with van der Waals surface area (Å²) in [6.07, 6.45) is 3.65. The van der Waals surface area contributed by atoms with Gasteiger partial charge in [-0.25, -0.2) is 4.98 Å². The maximum absolute atomic E-state index is 13.1. The molecule has 2 aromatic heterocycles. The number of benzene rings is 1. The van der Waals surface area contributed by atoms with Crippen molar-refractivity contribution in [3.8, 4) is 17.1 Å². The zero-order chi connectivity index (χ0) is 19.8. The molecule has 0 N–H and O–H groups in total. The summed E-state index contributed by atoms with van der Waals surface area (Å²) in [5.74, 6) is 1.51. The highest BCUT2D eigenvalue weighted by atomic mass is 16.5. The van der Waals surface area contributed by atoms with Gasteiger partial charge in [0.25, 0.3) is 5.56 Å².